The van der Waals surface area contributed by atoms with Crippen LogP contribution >= 0.6 is 0 Å². The Morgan fingerprint density at radius 2 is 2.00 bits per heavy atom. The molecule has 0 amide bonds. The molecule has 0 aromatic heterocycles. The first kappa shape index (κ1) is 12.4. The van der Waals surface area contributed by atoms with Gasteiger partial charge in [0.15, 0.2) is 0 Å². The number of benzene rings is 1. The highest BCUT2D eigenvalue weighted by Gasteiger charge is 2.20. The lowest BCUT2D eigenvalue weighted by Gasteiger charge is -2.10. The van der Waals surface area contributed by atoms with Crippen LogP contribution in [0.2, 0.25) is 0 Å². The smallest absolute Gasteiger partial charge is 0.240 e. The van der Waals surface area contributed by atoms with Crippen LogP contribution in [0.5, 0.6) is 0 Å². The molecule has 1 aliphatic rings. The summed E-state index contributed by atoms with van der Waals surface area (Å²) in [5.74, 6) is 0.908. The first-order valence-corrected chi connectivity index (χ1v) is 7.48. The van der Waals surface area contributed by atoms with Crippen molar-refractivity contribution in [1.82, 2.24) is 0 Å². The zero-order valence-electron chi connectivity index (χ0n) is 9.72. The Hall–Kier alpha value is -1.07. The van der Waals surface area contributed by atoms with Gasteiger partial charge in [-0.3, -0.25) is 0 Å². The summed E-state index contributed by atoms with van der Waals surface area (Å²) in [6.07, 6.45) is 5.01. The van der Waals surface area contributed by atoms with E-state index < -0.39 is 10.0 Å². The van der Waals surface area contributed by atoms with Gasteiger partial charge in [-0.2, -0.15) is 0 Å². The van der Waals surface area contributed by atoms with Crippen molar-refractivity contribution < 1.29 is 8.42 Å². The Morgan fingerprint density at radius 3 is 2.65 bits per heavy atom. The van der Waals surface area contributed by atoms with Crippen molar-refractivity contribution in [2.45, 2.75) is 30.6 Å². The lowest BCUT2D eigenvalue weighted by molar-refractivity contribution is 0.598. The Balaban J connectivity index is 1.94. The maximum absolute atomic E-state index is 11.3. The van der Waals surface area contributed by atoms with Gasteiger partial charge in [0.2, 0.25) is 10.0 Å². The molecule has 1 aromatic carbocycles. The summed E-state index contributed by atoms with van der Waals surface area (Å²) in [5.41, 5.74) is 0.603. The minimum absolute atomic E-state index is 0.173. The zero-order chi connectivity index (χ0) is 12.3. The molecule has 0 heterocycles. The van der Waals surface area contributed by atoms with Gasteiger partial charge in [0, 0.05) is 6.54 Å². The topological polar surface area (TPSA) is 72.2 Å². The van der Waals surface area contributed by atoms with Gasteiger partial charge in [-0.15, -0.1) is 0 Å². The maximum atomic E-state index is 11.3. The number of primary sulfonamides is 1. The van der Waals surface area contributed by atoms with Crippen molar-refractivity contribution in [3.63, 3.8) is 0 Å². The Labute approximate surface area is 102 Å². The van der Waals surface area contributed by atoms with Crippen molar-refractivity contribution in [3.05, 3.63) is 24.3 Å². The minimum Gasteiger partial charge on any atom is -0.384 e. The van der Waals surface area contributed by atoms with E-state index in [0.29, 0.717) is 5.69 Å². The van der Waals surface area contributed by atoms with Gasteiger partial charge in [-0.1, -0.05) is 25.0 Å². The fourth-order valence-corrected chi connectivity index (χ4v) is 2.60. The van der Waals surface area contributed by atoms with Crippen molar-refractivity contribution in [1.29, 1.82) is 0 Å². The molecule has 3 N–H and O–H groups in total. The standard InChI is InChI=1S/C12H18N2O2S/c13-17(15,16)12-6-2-1-5-11(12)14-9-3-4-10-7-8-10/h1-2,5-6,10,14H,3-4,7-9H2,(H2,13,15,16). The molecule has 0 aliphatic heterocycles. The van der Waals surface area contributed by atoms with E-state index in [4.69, 9.17) is 5.14 Å². The molecule has 1 aliphatic carbocycles. The number of hydrogen-bond acceptors (Lipinski definition) is 3. The first-order chi connectivity index (χ1) is 8.07. The monoisotopic (exact) mass is 254 g/mol. The molecular weight excluding hydrogens is 236 g/mol. The molecule has 1 fully saturated rings. The molecule has 0 bridgehead atoms. The minimum atomic E-state index is -3.64. The third kappa shape index (κ3) is 3.71. The second kappa shape index (κ2) is 5.06. The summed E-state index contributed by atoms with van der Waals surface area (Å²) in [7, 11) is -3.64. The van der Waals surface area contributed by atoms with Crippen LogP contribution in [-0.4, -0.2) is 15.0 Å². The fraction of sp³-hybridized carbons (Fsp3) is 0.500. The number of nitrogens with two attached hydrogens (primary N) is 1. The quantitative estimate of drug-likeness (QED) is 0.762. The van der Waals surface area contributed by atoms with Crippen molar-refractivity contribution in [3.8, 4) is 0 Å². The summed E-state index contributed by atoms with van der Waals surface area (Å²) in [6.45, 7) is 0.795. The van der Waals surface area contributed by atoms with E-state index in [9.17, 15) is 8.42 Å². The van der Waals surface area contributed by atoms with Crippen LogP contribution in [0.1, 0.15) is 25.7 Å². The zero-order valence-corrected chi connectivity index (χ0v) is 10.5. The fourth-order valence-electron chi connectivity index (χ4n) is 1.88. The van der Waals surface area contributed by atoms with E-state index in [1.165, 1.54) is 25.3 Å². The van der Waals surface area contributed by atoms with Crippen LogP contribution in [-0.2, 0) is 10.0 Å². The van der Waals surface area contributed by atoms with Crippen molar-refractivity contribution in [2.75, 3.05) is 11.9 Å². The molecule has 2 rings (SSSR count). The predicted octanol–water partition coefficient (Wildman–Crippen LogP) is 1.94. The molecule has 1 saturated carbocycles. The molecule has 0 atom stereocenters. The van der Waals surface area contributed by atoms with Crippen LogP contribution < -0.4 is 10.5 Å². The first-order valence-electron chi connectivity index (χ1n) is 5.93. The molecule has 0 saturated heterocycles. The van der Waals surface area contributed by atoms with E-state index in [1.807, 2.05) is 0 Å². The van der Waals surface area contributed by atoms with Crippen molar-refractivity contribution >= 4 is 15.7 Å². The van der Waals surface area contributed by atoms with E-state index in [-0.39, 0.29) is 4.90 Å². The van der Waals surface area contributed by atoms with Gasteiger partial charge >= 0.3 is 0 Å². The lowest BCUT2D eigenvalue weighted by atomic mass is 10.2. The SMILES string of the molecule is NS(=O)(=O)c1ccccc1NCCCC1CC1. The lowest BCUT2D eigenvalue weighted by Crippen LogP contribution is -2.15. The number of para-hydroxylation sites is 1. The number of sulfonamides is 1. The van der Waals surface area contributed by atoms with Crippen LogP contribution in [0.4, 0.5) is 5.69 Å². The molecule has 0 spiro atoms. The van der Waals surface area contributed by atoms with Gasteiger partial charge in [0.1, 0.15) is 4.90 Å². The summed E-state index contributed by atoms with van der Waals surface area (Å²) >= 11 is 0. The predicted molar refractivity (Wildman–Crippen MR) is 68.3 cm³/mol. The van der Waals surface area contributed by atoms with E-state index >= 15 is 0 Å². The summed E-state index contributed by atoms with van der Waals surface area (Å²) < 4.78 is 22.7. The van der Waals surface area contributed by atoms with E-state index in [2.05, 4.69) is 5.32 Å². The third-order valence-corrected chi connectivity index (χ3v) is 3.96. The molecule has 0 unspecified atom stereocenters. The second-order valence-electron chi connectivity index (χ2n) is 4.55. The van der Waals surface area contributed by atoms with Crippen LogP contribution in [0.3, 0.4) is 0 Å². The highest BCUT2D eigenvalue weighted by molar-refractivity contribution is 7.89. The van der Waals surface area contributed by atoms with E-state index in [0.717, 1.165) is 18.9 Å². The van der Waals surface area contributed by atoms with Gasteiger partial charge in [0.05, 0.1) is 5.69 Å². The molecular formula is C12H18N2O2S. The number of anilines is 1. The van der Waals surface area contributed by atoms with E-state index in [1.54, 1.807) is 18.2 Å². The second-order valence-corrected chi connectivity index (χ2v) is 6.08. The molecule has 0 radical (unpaired) electrons. The summed E-state index contributed by atoms with van der Waals surface area (Å²) in [6, 6.07) is 6.75. The Bertz CT molecular complexity index is 481. The van der Waals surface area contributed by atoms with Gasteiger partial charge in [-0.25, -0.2) is 13.6 Å². The van der Waals surface area contributed by atoms with Crippen LogP contribution in [0, 0.1) is 5.92 Å². The highest BCUT2D eigenvalue weighted by atomic mass is 32.2. The normalized spacial score (nSPS) is 15.8. The molecule has 1 aromatic rings. The van der Waals surface area contributed by atoms with Gasteiger partial charge in [-0.05, 0) is 30.9 Å². The summed E-state index contributed by atoms with van der Waals surface area (Å²) in [4.78, 5) is 0.173. The Morgan fingerprint density at radius 1 is 1.29 bits per heavy atom. The largest absolute Gasteiger partial charge is 0.384 e. The van der Waals surface area contributed by atoms with Crippen LogP contribution in [0.25, 0.3) is 0 Å². The molecule has 94 valence electrons. The van der Waals surface area contributed by atoms with Crippen LogP contribution in [0.15, 0.2) is 29.2 Å². The molecule has 4 nitrogen and oxygen atoms in total. The van der Waals surface area contributed by atoms with Gasteiger partial charge < -0.3 is 5.32 Å². The Kier molecular flexibility index (Phi) is 3.69. The highest BCUT2D eigenvalue weighted by Crippen LogP contribution is 2.33. The number of hydrogen-bond donors (Lipinski definition) is 2. The average Bonchev–Trinajstić information content (AvgIpc) is 3.07. The number of nitrogens with one attached hydrogen (secondary N) is 1. The maximum Gasteiger partial charge on any atom is 0.240 e. The molecule has 5 heteroatoms. The van der Waals surface area contributed by atoms with Crippen molar-refractivity contribution in [2.24, 2.45) is 11.1 Å². The number of rotatable bonds is 6. The third-order valence-electron chi connectivity index (χ3n) is 3.00. The molecule has 17 heavy (non-hydrogen) atoms. The van der Waals surface area contributed by atoms with Gasteiger partial charge in [0.25, 0.3) is 0 Å². The summed E-state index contributed by atoms with van der Waals surface area (Å²) in [5, 5.41) is 8.30. The average molecular weight is 254 g/mol.